The van der Waals surface area contributed by atoms with Gasteiger partial charge in [-0.3, -0.25) is 13.6 Å². The van der Waals surface area contributed by atoms with Crippen molar-refractivity contribution < 1.29 is 18.1 Å². The van der Waals surface area contributed by atoms with Gasteiger partial charge >= 0.3 is 7.82 Å². The van der Waals surface area contributed by atoms with Gasteiger partial charge in [-0.25, -0.2) is 4.57 Å². The van der Waals surface area contributed by atoms with E-state index in [1.54, 1.807) is 6.92 Å². The Morgan fingerprint density at radius 3 is 1.88 bits per heavy atom. The van der Waals surface area contributed by atoms with Crippen molar-refractivity contribution in [2.45, 2.75) is 25.9 Å². The van der Waals surface area contributed by atoms with Crippen molar-refractivity contribution in [2.75, 3.05) is 30.9 Å². The van der Waals surface area contributed by atoms with Crippen molar-refractivity contribution in [2.24, 2.45) is 0 Å². The van der Waals surface area contributed by atoms with Crippen LogP contribution in [0.1, 0.15) is 19.8 Å². The largest absolute Gasteiger partial charge is 0.475 e. The first-order valence-corrected chi connectivity index (χ1v) is 8.39. The number of alkyl halides is 3. The van der Waals surface area contributed by atoms with E-state index in [0.717, 1.165) is 0 Å². The van der Waals surface area contributed by atoms with E-state index in [4.69, 9.17) is 48.4 Å². The van der Waals surface area contributed by atoms with E-state index in [1.807, 2.05) is 0 Å². The van der Waals surface area contributed by atoms with E-state index in [9.17, 15) is 4.57 Å². The van der Waals surface area contributed by atoms with Crippen LogP contribution in [0.15, 0.2) is 0 Å². The average Bonchev–Trinajstić information content (AvgIpc) is 2.29. The van der Waals surface area contributed by atoms with Gasteiger partial charge in [-0.2, -0.15) is 0 Å². The molecule has 0 aliphatic rings. The number of phosphoric ester groups is 1. The van der Waals surface area contributed by atoms with Gasteiger partial charge in [0.05, 0.1) is 19.3 Å². The molecule has 0 bridgehead atoms. The second-order valence-electron chi connectivity index (χ2n) is 3.27. The van der Waals surface area contributed by atoms with E-state index in [1.165, 1.54) is 0 Å². The molecule has 0 aromatic heterocycles. The number of phosphoric acid groups is 1. The predicted molar refractivity (Wildman–Crippen MR) is 71.5 cm³/mol. The number of halogens is 3. The summed E-state index contributed by atoms with van der Waals surface area (Å²) in [5.74, 6) is 1.06. The van der Waals surface area contributed by atoms with E-state index < -0.39 is 13.9 Å². The Morgan fingerprint density at radius 1 is 1.06 bits per heavy atom. The molecule has 1 unspecified atom stereocenters. The first-order valence-electron chi connectivity index (χ1n) is 5.33. The van der Waals surface area contributed by atoms with Crippen LogP contribution in [0.5, 0.6) is 0 Å². The van der Waals surface area contributed by atoms with Gasteiger partial charge in [0.25, 0.3) is 0 Å². The molecule has 1 atom stereocenters. The highest BCUT2D eigenvalue weighted by atomic mass is 35.5. The minimum absolute atomic E-state index is 0.210. The summed E-state index contributed by atoms with van der Waals surface area (Å²) in [6.07, 6.45) is 0.737. The van der Waals surface area contributed by atoms with Crippen LogP contribution in [0.25, 0.3) is 0 Å². The highest BCUT2D eigenvalue weighted by molar-refractivity contribution is 7.48. The van der Waals surface area contributed by atoms with Crippen molar-refractivity contribution in [1.82, 2.24) is 0 Å². The topological polar surface area (TPSA) is 44.8 Å². The van der Waals surface area contributed by atoms with E-state index in [0.29, 0.717) is 24.6 Å². The molecule has 0 spiro atoms. The van der Waals surface area contributed by atoms with Crippen LogP contribution < -0.4 is 0 Å². The fraction of sp³-hybridized carbons (Fsp3) is 1.00. The number of hydrogen-bond acceptors (Lipinski definition) is 4. The molecule has 0 fully saturated rings. The lowest BCUT2D eigenvalue weighted by Gasteiger charge is -2.20. The van der Waals surface area contributed by atoms with Crippen molar-refractivity contribution in [3.63, 3.8) is 0 Å². The van der Waals surface area contributed by atoms with Gasteiger partial charge in [0.1, 0.15) is 0 Å². The average molecular weight is 328 g/mol. The van der Waals surface area contributed by atoms with Crippen LogP contribution in [-0.2, 0) is 18.1 Å². The smallest absolute Gasteiger partial charge is 0.287 e. The molecule has 0 saturated carbocycles. The third-order valence-corrected chi connectivity index (χ3v) is 4.17. The number of rotatable bonds is 11. The van der Waals surface area contributed by atoms with Crippen LogP contribution >= 0.6 is 42.6 Å². The summed E-state index contributed by atoms with van der Waals surface area (Å²) in [6, 6.07) is 0. The van der Waals surface area contributed by atoms with Gasteiger partial charge in [-0.05, 0) is 19.8 Å². The van der Waals surface area contributed by atoms with Crippen molar-refractivity contribution in [3.05, 3.63) is 0 Å². The third kappa shape index (κ3) is 9.54. The summed E-state index contributed by atoms with van der Waals surface area (Å²) in [5.41, 5.74) is 0. The Bertz CT molecular complexity index is 216. The van der Waals surface area contributed by atoms with Crippen molar-refractivity contribution >= 4 is 42.6 Å². The molecule has 0 amide bonds. The predicted octanol–water partition coefficient (Wildman–Crippen LogP) is 4.03. The molecule has 0 rings (SSSR count). The van der Waals surface area contributed by atoms with Crippen molar-refractivity contribution in [1.29, 1.82) is 0 Å². The lowest BCUT2D eigenvalue weighted by Crippen LogP contribution is -2.12. The SMILES string of the molecule is CC(CCl)OP(=O)(OCCCCl)OCCCCl. The van der Waals surface area contributed by atoms with Gasteiger partial charge in [0, 0.05) is 17.6 Å². The Hall–Kier alpha value is 0.980. The highest BCUT2D eigenvalue weighted by Gasteiger charge is 2.28. The first-order chi connectivity index (χ1) is 8.08. The molecule has 0 aromatic rings. The lowest BCUT2D eigenvalue weighted by molar-refractivity contribution is 0.0921. The minimum Gasteiger partial charge on any atom is -0.287 e. The molecule has 0 radical (unpaired) electrons. The summed E-state index contributed by atoms with van der Waals surface area (Å²) in [7, 11) is -3.55. The minimum atomic E-state index is -3.55. The van der Waals surface area contributed by atoms with E-state index in [2.05, 4.69) is 0 Å². The molecule has 8 heteroatoms. The maximum atomic E-state index is 12.1. The van der Waals surface area contributed by atoms with Gasteiger partial charge in [0.2, 0.25) is 0 Å². The first kappa shape index (κ1) is 18.0. The molecule has 0 saturated heterocycles. The molecular formula is C9H18Cl3O4P. The van der Waals surface area contributed by atoms with Crippen LogP contribution in [0.4, 0.5) is 0 Å². The zero-order chi connectivity index (χ0) is 13.1. The number of hydrogen-bond donors (Lipinski definition) is 0. The molecular weight excluding hydrogens is 309 g/mol. The maximum absolute atomic E-state index is 12.1. The van der Waals surface area contributed by atoms with Crippen molar-refractivity contribution in [3.8, 4) is 0 Å². The zero-order valence-electron chi connectivity index (χ0n) is 9.74. The summed E-state index contributed by atoms with van der Waals surface area (Å²) < 4.78 is 27.5. The Kier molecular flexibility index (Phi) is 11.5. The molecule has 0 heterocycles. The second-order valence-corrected chi connectivity index (χ2v) is 5.96. The van der Waals surface area contributed by atoms with E-state index >= 15 is 0 Å². The molecule has 104 valence electrons. The normalized spacial score (nSPS) is 13.9. The molecule has 17 heavy (non-hydrogen) atoms. The lowest BCUT2D eigenvalue weighted by atomic mass is 10.5. The van der Waals surface area contributed by atoms with Crippen LogP contribution in [0, 0.1) is 0 Å². The zero-order valence-corrected chi connectivity index (χ0v) is 12.9. The Labute approximate surface area is 117 Å². The summed E-state index contributed by atoms with van der Waals surface area (Å²) in [4.78, 5) is 0. The molecule has 0 N–H and O–H groups in total. The second kappa shape index (κ2) is 10.9. The highest BCUT2D eigenvalue weighted by Crippen LogP contribution is 2.50. The Balaban J connectivity index is 4.19. The fourth-order valence-electron chi connectivity index (χ4n) is 0.808. The van der Waals surface area contributed by atoms with Crippen LogP contribution in [0.3, 0.4) is 0 Å². The molecule has 4 nitrogen and oxygen atoms in total. The maximum Gasteiger partial charge on any atom is 0.475 e. The van der Waals surface area contributed by atoms with Gasteiger partial charge in [0.15, 0.2) is 0 Å². The molecule has 0 aliphatic carbocycles. The van der Waals surface area contributed by atoms with Gasteiger partial charge in [-0.1, -0.05) is 0 Å². The van der Waals surface area contributed by atoms with Gasteiger partial charge in [-0.15, -0.1) is 34.8 Å². The van der Waals surface area contributed by atoms with E-state index in [-0.39, 0.29) is 19.1 Å². The van der Waals surface area contributed by atoms with Gasteiger partial charge < -0.3 is 0 Å². The summed E-state index contributed by atoms with van der Waals surface area (Å²) >= 11 is 16.6. The molecule has 0 aromatic carbocycles. The summed E-state index contributed by atoms with van der Waals surface area (Å²) in [5, 5.41) is 0. The van der Waals surface area contributed by atoms with Crippen LogP contribution in [0.2, 0.25) is 0 Å². The third-order valence-electron chi connectivity index (χ3n) is 1.58. The Morgan fingerprint density at radius 2 is 1.53 bits per heavy atom. The standard InChI is InChI=1S/C9H18Cl3O4P/c1-9(8-12)16-17(13,14-6-2-4-10)15-7-3-5-11/h9H,2-8H2,1H3. The monoisotopic (exact) mass is 326 g/mol. The summed E-state index contributed by atoms with van der Waals surface area (Å²) in [6.45, 7) is 2.13. The fourth-order valence-corrected chi connectivity index (χ4v) is 2.59. The quantitative estimate of drug-likeness (QED) is 0.326. The molecule has 0 aliphatic heterocycles. The van der Waals surface area contributed by atoms with Crippen LogP contribution in [-0.4, -0.2) is 37.0 Å².